The molecule has 0 aliphatic rings. The Kier molecular flexibility index (Phi) is 10.3. The molecule has 38 heavy (non-hydrogen) atoms. The highest BCUT2D eigenvalue weighted by molar-refractivity contribution is 6.01. The summed E-state index contributed by atoms with van der Waals surface area (Å²) in [6.45, 7) is 2.14. The first-order valence-corrected chi connectivity index (χ1v) is 12.1. The zero-order valence-electron chi connectivity index (χ0n) is 21.7. The van der Waals surface area contributed by atoms with Gasteiger partial charge in [0.1, 0.15) is 17.4 Å². The maximum Gasteiger partial charge on any atom is 0.261 e. The molecule has 0 saturated heterocycles. The van der Waals surface area contributed by atoms with Crippen molar-refractivity contribution in [1.82, 2.24) is 10.6 Å². The molecule has 0 bridgehead atoms. The predicted molar refractivity (Wildman–Crippen MR) is 145 cm³/mol. The molecular formula is C30H31N3O5. The molecule has 3 rings (SSSR count). The van der Waals surface area contributed by atoms with Crippen LogP contribution in [0.5, 0.6) is 17.2 Å². The average molecular weight is 514 g/mol. The number of hydrogen-bond donors (Lipinski definition) is 2. The van der Waals surface area contributed by atoms with Crippen molar-refractivity contribution in [2.75, 3.05) is 27.4 Å². The van der Waals surface area contributed by atoms with Crippen LogP contribution >= 0.6 is 0 Å². The van der Waals surface area contributed by atoms with Crippen LogP contribution in [0.4, 0.5) is 0 Å². The first-order chi connectivity index (χ1) is 18.4. The molecule has 3 aromatic rings. The summed E-state index contributed by atoms with van der Waals surface area (Å²) in [6, 6.07) is 23.8. The second-order valence-electron chi connectivity index (χ2n) is 8.42. The van der Waals surface area contributed by atoms with Gasteiger partial charge in [-0.2, -0.15) is 5.26 Å². The maximum atomic E-state index is 12.5. The Bertz CT molecular complexity index is 1300. The summed E-state index contributed by atoms with van der Waals surface area (Å²) in [7, 11) is 3.14. The van der Waals surface area contributed by atoms with Crippen LogP contribution in [0.2, 0.25) is 0 Å². The number of nitrogens with zero attached hydrogens (tertiary/aromatic N) is 1. The van der Waals surface area contributed by atoms with Crippen molar-refractivity contribution in [2.24, 2.45) is 0 Å². The molecule has 2 N–H and O–H groups in total. The van der Waals surface area contributed by atoms with E-state index >= 15 is 0 Å². The van der Waals surface area contributed by atoms with Gasteiger partial charge in [0, 0.05) is 6.54 Å². The Morgan fingerprint density at radius 3 is 2.34 bits per heavy atom. The molecular weight excluding hydrogens is 482 g/mol. The van der Waals surface area contributed by atoms with Gasteiger partial charge in [-0.15, -0.1) is 0 Å². The Balaban J connectivity index is 1.49. The van der Waals surface area contributed by atoms with Gasteiger partial charge in [-0.25, -0.2) is 0 Å². The van der Waals surface area contributed by atoms with Crippen LogP contribution in [-0.4, -0.2) is 39.2 Å². The van der Waals surface area contributed by atoms with E-state index in [-0.39, 0.29) is 24.1 Å². The number of ether oxygens (including phenoxy) is 3. The van der Waals surface area contributed by atoms with Gasteiger partial charge in [-0.1, -0.05) is 48.5 Å². The quantitative estimate of drug-likeness (QED) is 0.277. The van der Waals surface area contributed by atoms with Crippen LogP contribution in [-0.2, 0) is 16.0 Å². The summed E-state index contributed by atoms with van der Waals surface area (Å²) in [5, 5.41) is 15.1. The van der Waals surface area contributed by atoms with Crippen LogP contribution in [0.15, 0.2) is 78.4 Å². The standard InChI is InChI=1S/C30H31N3O5/c1-21(24-7-5-4-6-8-24)33-29(34)20-38-26-12-9-22(10-13-26)17-25(19-31)30(35)32-16-15-23-11-14-27(36-2)28(18-23)37-3/h4-14,17-18,21H,15-16,20H2,1-3H3,(H,32,35)(H,33,34)/b25-17+/t21-/m0/s1. The lowest BCUT2D eigenvalue weighted by Gasteiger charge is -2.14. The number of nitrogens with one attached hydrogen (secondary N) is 2. The number of amides is 2. The highest BCUT2D eigenvalue weighted by Crippen LogP contribution is 2.27. The van der Waals surface area contributed by atoms with Gasteiger partial charge in [0.15, 0.2) is 18.1 Å². The van der Waals surface area contributed by atoms with Crippen molar-refractivity contribution in [2.45, 2.75) is 19.4 Å². The minimum Gasteiger partial charge on any atom is -0.493 e. The fraction of sp³-hybridized carbons (Fsp3) is 0.233. The van der Waals surface area contributed by atoms with Gasteiger partial charge >= 0.3 is 0 Å². The van der Waals surface area contributed by atoms with E-state index in [1.54, 1.807) is 38.5 Å². The first kappa shape index (κ1) is 27.8. The molecule has 0 heterocycles. The summed E-state index contributed by atoms with van der Waals surface area (Å²) in [4.78, 5) is 24.7. The molecule has 8 heteroatoms. The number of carbonyl (C=O) groups is 2. The SMILES string of the molecule is COc1ccc(CCNC(=O)/C(C#N)=C/c2ccc(OCC(=O)N[C@@H](C)c3ccccc3)cc2)cc1OC. The van der Waals surface area contributed by atoms with Gasteiger partial charge in [-0.05, 0) is 60.4 Å². The van der Waals surface area contributed by atoms with E-state index in [4.69, 9.17) is 14.2 Å². The number of carbonyl (C=O) groups excluding carboxylic acids is 2. The van der Waals surface area contributed by atoms with E-state index in [1.807, 2.05) is 61.5 Å². The fourth-order valence-electron chi connectivity index (χ4n) is 3.68. The molecule has 0 aromatic heterocycles. The van der Waals surface area contributed by atoms with Crippen molar-refractivity contribution in [3.63, 3.8) is 0 Å². The van der Waals surface area contributed by atoms with E-state index < -0.39 is 5.91 Å². The third-order valence-corrected chi connectivity index (χ3v) is 5.75. The van der Waals surface area contributed by atoms with Gasteiger partial charge in [0.25, 0.3) is 11.8 Å². The van der Waals surface area contributed by atoms with Crippen LogP contribution in [0.1, 0.15) is 29.7 Å². The molecule has 2 amide bonds. The minimum absolute atomic E-state index is 0.0137. The van der Waals surface area contributed by atoms with Crippen molar-refractivity contribution < 1.29 is 23.8 Å². The van der Waals surface area contributed by atoms with Gasteiger partial charge in [0.2, 0.25) is 0 Å². The maximum absolute atomic E-state index is 12.5. The van der Waals surface area contributed by atoms with Crippen LogP contribution in [0.3, 0.4) is 0 Å². The molecule has 196 valence electrons. The summed E-state index contributed by atoms with van der Waals surface area (Å²) in [6.07, 6.45) is 2.07. The second-order valence-corrected chi connectivity index (χ2v) is 8.42. The predicted octanol–water partition coefficient (Wildman–Crippen LogP) is 4.23. The van der Waals surface area contributed by atoms with Gasteiger partial charge < -0.3 is 24.8 Å². The first-order valence-electron chi connectivity index (χ1n) is 12.1. The summed E-state index contributed by atoms with van der Waals surface area (Å²) >= 11 is 0. The Morgan fingerprint density at radius 2 is 1.68 bits per heavy atom. The zero-order valence-corrected chi connectivity index (χ0v) is 21.7. The monoisotopic (exact) mass is 513 g/mol. The molecule has 8 nitrogen and oxygen atoms in total. The van der Waals surface area contributed by atoms with Crippen LogP contribution in [0.25, 0.3) is 6.08 Å². The van der Waals surface area contributed by atoms with Gasteiger partial charge in [0.05, 0.1) is 20.3 Å². The Labute approximate surface area is 222 Å². The molecule has 0 aliphatic carbocycles. The molecule has 0 aliphatic heterocycles. The fourth-order valence-corrected chi connectivity index (χ4v) is 3.68. The largest absolute Gasteiger partial charge is 0.493 e. The van der Waals surface area contributed by atoms with Crippen molar-refractivity contribution in [1.29, 1.82) is 5.26 Å². The molecule has 1 atom stereocenters. The van der Waals surface area contributed by atoms with E-state index in [0.29, 0.717) is 35.8 Å². The molecule has 0 fully saturated rings. The average Bonchev–Trinajstić information content (AvgIpc) is 2.95. The highest BCUT2D eigenvalue weighted by Gasteiger charge is 2.11. The lowest BCUT2D eigenvalue weighted by atomic mass is 10.1. The number of methoxy groups -OCH3 is 2. The highest BCUT2D eigenvalue weighted by atomic mass is 16.5. The Hall–Kier alpha value is -4.77. The molecule has 3 aromatic carbocycles. The lowest BCUT2D eigenvalue weighted by molar-refractivity contribution is -0.123. The third-order valence-electron chi connectivity index (χ3n) is 5.75. The van der Waals surface area contributed by atoms with E-state index in [2.05, 4.69) is 10.6 Å². The summed E-state index contributed by atoms with van der Waals surface area (Å²) in [5.41, 5.74) is 2.62. The van der Waals surface area contributed by atoms with Crippen LogP contribution in [0, 0.1) is 11.3 Å². The van der Waals surface area contributed by atoms with E-state index in [0.717, 1.165) is 11.1 Å². The van der Waals surface area contributed by atoms with Crippen molar-refractivity contribution in [3.05, 3.63) is 95.1 Å². The summed E-state index contributed by atoms with van der Waals surface area (Å²) in [5.74, 6) is 1.05. The van der Waals surface area contributed by atoms with Crippen molar-refractivity contribution in [3.8, 4) is 23.3 Å². The molecule has 0 saturated carbocycles. The lowest BCUT2D eigenvalue weighted by Crippen LogP contribution is -2.31. The third kappa shape index (κ3) is 8.14. The summed E-state index contributed by atoms with van der Waals surface area (Å²) < 4.78 is 16.1. The van der Waals surface area contributed by atoms with E-state index in [1.165, 1.54) is 6.08 Å². The van der Waals surface area contributed by atoms with E-state index in [9.17, 15) is 14.9 Å². The molecule has 0 radical (unpaired) electrons. The van der Waals surface area contributed by atoms with Crippen LogP contribution < -0.4 is 24.8 Å². The minimum atomic E-state index is -0.461. The molecule has 0 spiro atoms. The zero-order chi connectivity index (χ0) is 27.3. The van der Waals surface area contributed by atoms with Gasteiger partial charge in [-0.3, -0.25) is 9.59 Å². The Morgan fingerprint density at radius 1 is 0.974 bits per heavy atom. The number of hydrogen-bond acceptors (Lipinski definition) is 6. The molecule has 0 unspecified atom stereocenters. The second kappa shape index (κ2) is 14.1. The topological polar surface area (TPSA) is 110 Å². The number of nitriles is 1. The normalized spacial score (nSPS) is 11.6. The number of benzene rings is 3. The van der Waals surface area contributed by atoms with Crippen molar-refractivity contribution >= 4 is 17.9 Å². The number of rotatable bonds is 12. The smallest absolute Gasteiger partial charge is 0.261 e.